The van der Waals surface area contributed by atoms with Crippen molar-refractivity contribution in [3.8, 4) is 0 Å². The van der Waals surface area contributed by atoms with Crippen molar-refractivity contribution in [1.82, 2.24) is 0 Å². The van der Waals surface area contributed by atoms with Crippen LogP contribution in [-0.2, 0) is 0 Å². The smallest absolute Gasteiger partial charge is 0.191 e. The summed E-state index contributed by atoms with van der Waals surface area (Å²) in [5.41, 5.74) is 2.27. The van der Waals surface area contributed by atoms with Gasteiger partial charge in [0.15, 0.2) is 18.2 Å². The van der Waals surface area contributed by atoms with Crippen LogP contribution in [0.4, 0.5) is 0 Å². The van der Waals surface area contributed by atoms with Gasteiger partial charge in [-0.05, 0) is 42.3 Å². The van der Waals surface area contributed by atoms with Gasteiger partial charge in [-0.2, -0.15) is 4.73 Å². The van der Waals surface area contributed by atoms with E-state index in [-0.39, 0.29) is 5.78 Å². The van der Waals surface area contributed by atoms with Crippen molar-refractivity contribution in [2.75, 3.05) is 0 Å². The third kappa shape index (κ3) is 3.42. The molecule has 2 aromatic rings. The van der Waals surface area contributed by atoms with Crippen molar-refractivity contribution >= 4 is 23.5 Å². The highest BCUT2D eigenvalue weighted by Crippen LogP contribution is 2.16. The molecule has 0 atom stereocenters. The van der Waals surface area contributed by atoms with Gasteiger partial charge in [-0.1, -0.05) is 23.7 Å². The fourth-order valence-corrected chi connectivity index (χ4v) is 1.91. The van der Waals surface area contributed by atoms with Gasteiger partial charge in [-0.15, -0.1) is 0 Å². The molecule has 0 saturated heterocycles. The zero-order chi connectivity index (χ0) is 13.8. The first-order chi connectivity index (χ1) is 9.06. The normalized spacial score (nSPS) is 10.8. The minimum atomic E-state index is -0.209. The Bertz CT molecular complexity index is 650. The first kappa shape index (κ1) is 13.3. The molecule has 0 aliphatic heterocycles. The molecular weight excluding hydrogens is 262 g/mol. The molecule has 3 nitrogen and oxygen atoms in total. The molecule has 0 aliphatic carbocycles. The van der Waals surface area contributed by atoms with Gasteiger partial charge in [0.1, 0.15) is 0 Å². The summed E-state index contributed by atoms with van der Waals surface area (Å²) in [6, 6.07) is 8.60. The molecule has 1 heterocycles. The number of nitrogens with zero attached hydrogens (tertiary/aromatic N) is 1. The van der Waals surface area contributed by atoms with Crippen LogP contribution < -0.4 is 4.73 Å². The standard InChI is InChI=1S/C15H12ClNO2/c1-11-9-14(16)6-4-12(11)5-7-15(18)13-3-2-8-17(19)10-13/h2-10H,1H3/b7-5+. The fourth-order valence-electron chi connectivity index (χ4n) is 1.69. The van der Waals surface area contributed by atoms with E-state index in [1.807, 2.05) is 19.1 Å². The first-order valence-corrected chi connectivity index (χ1v) is 6.11. The summed E-state index contributed by atoms with van der Waals surface area (Å²) >= 11 is 5.86. The third-order valence-electron chi connectivity index (χ3n) is 2.71. The molecule has 0 aliphatic rings. The van der Waals surface area contributed by atoms with E-state index in [4.69, 9.17) is 11.6 Å². The van der Waals surface area contributed by atoms with Gasteiger partial charge in [0.05, 0.1) is 5.56 Å². The van der Waals surface area contributed by atoms with Crippen LogP contribution in [0, 0.1) is 12.1 Å². The van der Waals surface area contributed by atoms with Crippen LogP contribution in [0.1, 0.15) is 21.5 Å². The predicted molar refractivity (Wildman–Crippen MR) is 75.0 cm³/mol. The number of hydrogen-bond acceptors (Lipinski definition) is 2. The van der Waals surface area contributed by atoms with Gasteiger partial charge >= 0.3 is 0 Å². The van der Waals surface area contributed by atoms with Gasteiger partial charge in [-0.25, -0.2) is 0 Å². The Kier molecular flexibility index (Phi) is 3.97. The maximum Gasteiger partial charge on any atom is 0.191 e. The van der Waals surface area contributed by atoms with Crippen LogP contribution in [0.3, 0.4) is 0 Å². The summed E-state index contributed by atoms with van der Waals surface area (Å²) in [5, 5.41) is 11.7. The van der Waals surface area contributed by atoms with Gasteiger partial charge in [-0.3, -0.25) is 4.79 Å². The lowest BCUT2D eigenvalue weighted by atomic mass is 10.1. The zero-order valence-electron chi connectivity index (χ0n) is 10.3. The van der Waals surface area contributed by atoms with Gasteiger partial charge in [0, 0.05) is 11.1 Å². The highest BCUT2D eigenvalue weighted by molar-refractivity contribution is 6.30. The highest BCUT2D eigenvalue weighted by Gasteiger charge is 2.05. The zero-order valence-corrected chi connectivity index (χ0v) is 11.1. The van der Waals surface area contributed by atoms with E-state index in [0.717, 1.165) is 11.1 Å². The molecule has 1 aromatic heterocycles. The van der Waals surface area contributed by atoms with E-state index >= 15 is 0 Å². The van der Waals surface area contributed by atoms with Crippen LogP contribution in [0.15, 0.2) is 48.8 Å². The number of aromatic nitrogens is 1. The molecule has 0 spiro atoms. The first-order valence-electron chi connectivity index (χ1n) is 5.73. The summed E-state index contributed by atoms with van der Waals surface area (Å²) < 4.78 is 0.606. The fraction of sp³-hybridized carbons (Fsp3) is 0.0667. The predicted octanol–water partition coefficient (Wildman–Crippen LogP) is 3.18. The second kappa shape index (κ2) is 5.67. The van der Waals surface area contributed by atoms with E-state index in [2.05, 4.69) is 0 Å². The Labute approximate surface area is 116 Å². The largest absolute Gasteiger partial charge is 0.619 e. The number of hydrogen-bond donors (Lipinski definition) is 0. The van der Waals surface area contributed by atoms with Crippen molar-refractivity contribution < 1.29 is 9.52 Å². The van der Waals surface area contributed by atoms with Crippen LogP contribution in [0.25, 0.3) is 6.08 Å². The summed E-state index contributed by atoms with van der Waals surface area (Å²) in [6.07, 6.45) is 5.76. The van der Waals surface area contributed by atoms with Gasteiger partial charge in [0.25, 0.3) is 0 Å². The number of carbonyl (C=O) groups excluding carboxylic acids is 1. The number of rotatable bonds is 3. The van der Waals surface area contributed by atoms with Crippen molar-refractivity contribution in [2.45, 2.75) is 6.92 Å². The lowest BCUT2D eigenvalue weighted by Crippen LogP contribution is -2.25. The van der Waals surface area contributed by atoms with Crippen molar-refractivity contribution in [3.63, 3.8) is 0 Å². The second-order valence-electron chi connectivity index (χ2n) is 4.15. The minimum Gasteiger partial charge on any atom is -0.619 e. The van der Waals surface area contributed by atoms with Gasteiger partial charge < -0.3 is 5.21 Å². The third-order valence-corrected chi connectivity index (χ3v) is 2.94. The van der Waals surface area contributed by atoms with Crippen LogP contribution in [-0.4, -0.2) is 5.78 Å². The second-order valence-corrected chi connectivity index (χ2v) is 4.59. The molecule has 0 unspecified atom stereocenters. The molecule has 1 aromatic carbocycles. The quantitative estimate of drug-likeness (QED) is 0.373. The van der Waals surface area contributed by atoms with Crippen molar-refractivity contribution in [3.05, 3.63) is 75.7 Å². The molecule has 0 N–H and O–H groups in total. The minimum absolute atomic E-state index is 0.209. The highest BCUT2D eigenvalue weighted by atomic mass is 35.5. The number of ketones is 1. The Morgan fingerprint density at radius 1 is 1.37 bits per heavy atom. The number of benzene rings is 1. The Balaban J connectivity index is 2.21. The Morgan fingerprint density at radius 3 is 2.84 bits per heavy atom. The number of carbonyl (C=O) groups is 1. The van der Waals surface area contributed by atoms with Gasteiger partial charge in [0.2, 0.25) is 0 Å². The lowest BCUT2D eigenvalue weighted by molar-refractivity contribution is -0.605. The van der Waals surface area contributed by atoms with Crippen molar-refractivity contribution in [1.29, 1.82) is 0 Å². The lowest BCUT2D eigenvalue weighted by Gasteiger charge is -2.00. The van der Waals surface area contributed by atoms with Crippen molar-refractivity contribution in [2.24, 2.45) is 0 Å². The molecule has 0 saturated carbocycles. The summed E-state index contributed by atoms with van der Waals surface area (Å²) in [5.74, 6) is -0.209. The molecule has 0 fully saturated rings. The average molecular weight is 274 g/mol. The summed E-state index contributed by atoms with van der Waals surface area (Å²) in [4.78, 5) is 11.9. The molecule has 2 rings (SSSR count). The average Bonchev–Trinajstić information content (AvgIpc) is 2.37. The van der Waals surface area contributed by atoms with E-state index in [1.54, 1.807) is 24.3 Å². The topological polar surface area (TPSA) is 44.0 Å². The summed E-state index contributed by atoms with van der Waals surface area (Å²) in [6.45, 7) is 1.92. The van der Waals surface area contributed by atoms with Crippen LogP contribution in [0.5, 0.6) is 0 Å². The van der Waals surface area contributed by atoms with E-state index < -0.39 is 0 Å². The molecule has 19 heavy (non-hydrogen) atoms. The Hall–Kier alpha value is -2.13. The summed E-state index contributed by atoms with van der Waals surface area (Å²) in [7, 11) is 0. The molecule has 96 valence electrons. The van der Waals surface area contributed by atoms with Crippen LogP contribution in [0.2, 0.25) is 5.02 Å². The molecule has 0 amide bonds. The number of aryl methyl sites for hydroxylation is 1. The maximum atomic E-state index is 11.9. The van der Waals surface area contributed by atoms with E-state index in [9.17, 15) is 10.0 Å². The number of pyridine rings is 1. The molecule has 0 radical (unpaired) electrons. The monoisotopic (exact) mass is 273 g/mol. The van der Waals surface area contributed by atoms with Crippen LogP contribution >= 0.6 is 11.6 Å². The van der Waals surface area contributed by atoms with E-state index in [1.165, 1.54) is 18.5 Å². The molecular formula is C15H12ClNO2. The number of allylic oxidation sites excluding steroid dienone is 1. The molecule has 4 heteroatoms. The maximum absolute atomic E-state index is 11.9. The SMILES string of the molecule is Cc1cc(Cl)ccc1/C=C/C(=O)c1ccc[n+]([O-])c1. The Morgan fingerprint density at radius 2 is 2.16 bits per heavy atom. The number of halogens is 1. The molecule has 0 bridgehead atoms. The van der Waals surface area contributed by atoms with E-state index in [0.29, 0.717) is 15.3 Å².